The first kappa shape index (κ1) is 8.99. The zero-order valence-corrected chi connectivity index (χ0v) is 6.49. The molecule has 0 amide bonds. The molecule has 5 nitrogen and oxygen atoms in total. The Morgan fingerprint density at radius 3 is 1.83 bits per heavy atom. The Balaban J connectivity index is 2.51. The van der Waals surface area contributed by atoms with Gasteiger partial charge in [0.05, 0.1) is 11.8 Å². The van der Waals surface area contributed by atoms with Gasteiger partial charge in [0.15, 0.2) is 0 Å². The quantitative estimate of drug-likeness (QED) is 0.518. The number of carbonyl (C=O) groups is 2. The Bertz CT molecular complexity index is 184. The van der Waals surface area contributed by atoms with Crippen molar-refractivity contribution in [3.63, 3.8) is 0 Å². The monoisotopic (exact) mass is 173 g/mol. The molecule has 0 aromatic carbocycles. The van der Waals surface area contributed by atoms with E-state index in [0.717, 1.165) is 0 Å². The SMILES string of the molecule is O=C(O)[C@H]1CNC[C@H](C(=O)O)C1. The minimum absolute atomic E-state index is 0.234. The molecule has 1 fully saturated rings. The van der Waals surface area contributed by atoms with E-state index in [1.165, 1.54) is 0 Å². The summed E-state index contributed by atoms with van der Waals surface area (Å²) >= 11 is 0. The molecule has 0 bridgehead atoms. The molecule has 5 heteroatoms. The molecular formula is C7H11NO4. The lowest BCUT2D eigenvalue weighted by Gasteiger charge is -2.24. The Labute approximate surface area is 69.4 Å². The molecule has 0 spiro atoms. The van der Waals surface area contributed by atoms with E-state index in [9.17, 15) is 9.59 Å². The first-order valence-electron chi connectivity index (χ1n) is 3.77. The van der Waals surface area contributed by atoms with E-state index in [2.05, 4.69) is 5.32 Å². The molecule has 1 heterocycles. The number of carboxylic acids is 2. The number of carboxylic acid groups (broad SMARTS) is 2. The van der Waals surface area contributed by atoms with Crippen LogP contribution in [-0.4, -0.2) is 35.2 Å². The first-order chi connectivity index (χ1) is 5.61. The molecule has 0 aromatic heterocycles. The minimum Gasteiger partial charge on any atom is -0.481 e. The smallest absolute Gasteiger partial charge is 0.307 e. The van der Waals surface area contributed by atoms with E-state index in [-0.39, 0.29) is 6.42 Å². The van der Waals surface area contributed by atoms with Crippen LogP contribution in [0, 0.1) is 11.8 Å². The summed E-state index contributed by atoms with van der Waals surface area (Å²) in [5, 5.41) is 20.0. The van der Waals surface area contributed by atoms with Crippen molar-refractivity contribution in [2.75, 3.05) is 13.1 Å². The van der Waals surface area contributed by atoms with Gasteiger partial charge in [-0.3, -0.25) is 9.59 Å². The van der Waals surface area contributed by atoms with Gasteiger partial charge in [-0.05, 0) is 6.42 Å². The van der Waals surface area contributed by atoms with E-state index in [1.54, 1.807) is 0 Å². The van der Waals surface area contributed by atoms with Gasteiger partial charge in [0.25, 0.3) is 0 Å². The number of aliphatic carboxylic acids is 2. The lowest BCUT2D eigenvalue weighted by molar-refractivity contribution is -0.146. The van der Waals surface area contributed by atoms with E-state index in [1.807, 2.05) is 0 Å². The molecule has 0 saturated carbocycles. The van der Waals surface area contributed by atoms with Gasteiger partial charge in [0, 0.05) is 13.1 Å². The van der Waals surface area contributed by atoms with Crippen LogP contribution >= 0.6 is 0 Å². The highest BCUT2D eigenvalue weighted by Crippen LogP contribution is 2.16. The third-order valence-corrected chi connectivity index (χ3v) is 2.05. The van der Waals surface area contributed by atoms with Crippen molar-refractivity contribution >= 4 is 11.9 Å². The summed E-state index contributed by atoms with van der Waals surface area (Å²) in [6.07, 6.45) is 0.234. The third kappa shape index (κ3) is 1.94. The van der Waals surface area contributed by atoms with E-state index in [0.29, 0.717) is 13.1 Å². The lowest BCUT2D eigenvalue weighted by Crippen LogP contribution is -2.42. The van der Waals surface area contributed by atoms with Crippen LogP contribution in [0.2, 0.25) is 0 Å². The van der Waals surface area contributed by atoms with Gasteiger partial charge < -0.3 is 15.5 Å². The molecule has 1 aliphatic rings. The maximum atomic E-state index is 10.5. The molecule has 68 valence electrons. The van der Waals surface area contributed by atoms with Gasteiger partial charge >= 0.3 is 11.9 Å². The fraction of sp³-hybridized carbons (Fsp3) is 0.714. The first-order valence-corrected chi connectivity index (χ1v) is 3.77. The summed E-state index contributed by atoms with van der Waals surface area (Å²) in [4.78, 5) is 21.0. The summed E-state index contributed by atoms with van der Waals surface area (Å²) in [5.41, 5.74) is 0. The number of hydrogen-bond acceptors (Lipinski definition) is 3. The van der Waals surface area contributed by atoms with Crippen molar-refractivity contribution in [1.29, 1.82) is 0 Å². The molecule has 0 aromatic rings. The number of nitrogens with one attached hydrogen (secondary N) is 1. The van der Waals surface area contributed by atoms with Crippen LogP contribution in [0.15, 0.2) is 0 Å². The zero-order chi connectivity index (χ0) is 9.14. The molecule has 2 atom stereocenters. The Kier molecular flexibility index (Phi) is 2.65. The van der Waals surface area contributed by atoms with Crippen LogP contribution in [-0.2, 0) is 9.59 Å². The Morgan fingerprint density at radius 2 is 1.50 bits per heavy atom. The normalized spacial score (nSPS) is 29.7. The second kappa shape index (κ2) is 3.53. The molecule has 1 saturated heterocycles. The van der Waals surface area contributed by atoms with Gasteiger partial charge in [-0.2, -0.15) is 0 Å². The average molecular weight is 173 g/mol. The largest absolute Gasteiger partial charge is 0.481 e. The predicted octanol–water partition coefficient (Wildman–Crippen LogP) is -0.619. The summed E-state index contributed by atoms with van der Waals surface area (Å²) in [5.74, 6) is -2.96. The molecule has 1 rings (SSSR count). The average Bonchev–Trinajstić information content (AvgIpc) is 2.04. The number of rotatable bonds is 2. The third-order valence-electron chi connectivity index (χ3n) is 2.05. The van der Waals surface area contributed by atoms with E-state index < -0.39 is 23.8 Å². The number of piperidine rings is 1. The highest BCUT2D eigenvalue weighted by atomic mass is 16.4. The Hall–Kier alpha value is -1.10. The van der Waals surface area contributed by atoms with Crippen molar-refractivity contribution in [2.24, 2.45) is 11.8 Å². The van der Waals surface area contributed by atoms with E-state index >= 15 is 0 Å². The van der Waals surface area contributed by atoms with Crippen molar-refractivity contribution in [1.82, 2.24) is 5.32 Å². The van der Waals surface area contributed by atoms with Gasteiger partial charge in [0.1, 0.15) is 0 Å². The highest BCUT2D eigenvalue weighted by molar-refractivity contribution is 5.74. The van der Waals surface area contributed by atoms with Gasteiger partial charge in [-0.25, -0.2) is 0 Å². The maximum Gasteiger partial charge on any atom is 0.307 e. The fourth-order valence-electron chi connectivity index (χ4n) is 1.32. The molecular weight excluding hydrogens is 162 g/mol. The van der Waals surface area contributed by atoms with E-state index in [4.69, 9.17) is 10.2 Å². The molecule has 3 N–H and O–H groups in total. The molecule has 0 radical (unpaired) electrons. The maximum absolute atomic E-state index is 10.5. The topological polar surface area (TPSA) is 86.6 Å². The highest BCUT2D eigenvalue weighted by Gasteiger charge is 2.30. The molecule has 0 aliphatic carbocycles. The van der Waals surface area contributed by atoms with Crippen LogP contribution in [0.4, 0.5) is 0 Å². The van der Waals surface area contributed by atoms with Crippen LogP contribution in [0.3, 0.4) is 0 Å². The van der Waals surface area contributed by atoms with Crippen molar-refractivity contribution < 1.29 is 19.8 Å². The van der Waals surface area contributed by atoms with Crippen molar-refractivity contribution in [2.45, 2.75) is 6.42 Å². The fourth-order valence-corrected chi connectivity index (χ4v) is 1.32. The summed E-state index contributed by atoms with van der Waals surface area (Å²) in [6.45, 7) is 0.748. The zero-order valence-electron chi connectivity index (χ0n) is 6.49. The van der Waals surface area contributed by atoms with Crippen LogP contribution < -0.4 is 5.32 Å². The van der Waals surface area contributed by atoms with Crippen molar-refractivity contribution in [3.05, 3.63) is 0 Å². The van der Waals surface area contributed by atoms with Crippen LogP contribution in [0.5, 0.6) is 0 Å². The number of hydrogen-bond donors (Lipinski definition) is 3. The molecule has 12 heavy (non-hydrogen) atoms. The molecule has 0 unspecified atom stereocenters. The standard InChI is InChI=1S/C7H11NO4/c9-6(10)4-1-5(7(11)12)3-8-2-4/h4-5,8H,1-3H2,(H,9,10)(H,11,12)/t4-,5-/m1/s1. The Morgan fingerprint density at radius 1 is 1.08 bits per heavy atom. The van der Waals surface area contributed by atoms with Crippen molar-refractivity contribution in [3.8, 4) is 0 Å². The summed E-state index contributed by atoms with van der Waals surface area (Å²) in [6, 6.07) is 0. The van der Waals surface area contributed by atoms with Gasteiger partial charge in [-0.15, -0.1) is 0 Å². The summed E-state index contributed by atoms with van der Waals surface area (Å²) < 4.78 is 0. The van der Waals surface area contributed by atoms with Crippen LogP contribution in [0.1, 0.15) is 6.42 Å². The second-order valence-corrected chi connectivity index (χ2v) is 2.96. The van der Waals surface area contributed by atoms with Gasteiger partial charge in [-0.1, -0.05) is 0 Å². The second-order valence-electron chi connectivity index (χ2n) is 2.96. The van der Waals surface area contributed by atoms with Gasteiger partial charge in [0.2, 0.25) is 0 Å². The lowest BCUT2D eigenvalue weighted by atomic mass is 9.91. The van der Waals surface area contributed by atoms with Crippen LogP contribution in [0.25, 0.3) is 0 Å². The molecule has 1 aliphatic heterocycles. The summed E-state index contributed by atoms with van der Waals surface area (Å²) in [7, 11) is 0. The minimum atomic E-state index is -0.923. The predicted molar refractivity (Wildman–Crippen MR) is 39.7 cm³/mol.